The second-order valence-corrected chi connectivity index (χ2v) is 5.54. The maximum absolute atomic E-state index is 13.6. The van der Waals surface area contributed by atoms with Crippen molar-refractivity contribution in [1.82, 2.24) is 9.36 Å². The van der Waals surface area contributed by atoms with Crippen molar-refractivity contribution in [2.45, 2.75) is 0 Å². The molecule has 0 saturated heterocycles. The number of nitrogens with zero attached hydrogens (tertiary/aromatic N) is 2. The highest BCUT2D eigenvalue weighted by molar-refractivity contribution is 9.11. The molecule has 0 N–H and O–H groups in total. The van der Waals surface area contributed by atoms with Crippen LogP contribution in [0.3, 0.4) is 0 Å². The van der Waals surface area contributed by atoms with E-state index in [9.17, 15) is 4.39 Å². The summed E-state index contributed by atoms with van der Waals surface area (Å²) in [6, 6.07) is 10.5. The lowest BCUT2D eigenvalue weighted by molar-refractivity contribution is 0.640. The van der Waals surface area contributed by atoms with E-state index in [1.807, 2.05) is 18.2 Å². The molecule has 0 aliphatic rings. The fraction of sp³-hybridized carbons (Fsp3) is 0. The molecule has 1 heterocycles. The van der Waals surface area contributed by atoms with Crippen molar-refractivity contribution in [2.24, 2.45) is 0 Å². The first-order chi connectivity index (χ1) is 8.25. The van der Waals surface area contributed by atoms with Crippen molar-refractivity contribution in [3.8, 4) is 11.4 Å². The van der Waals surface area contributed by atoms with E-state index >= 15 is 0 Å². The zero-order valence-corrected chi connectivity index (χ0v) is 10.9. The fourth-order valence-electron chi connectivity index (χ4n) is 1.77. The quantitative estimate of drug-likeness (QED) is 0.671. The summed E-state index contributed by atoms with van der Waals surface area (Å²) in [6.07, 6.45) is 0. The predicted octanol–water partition coefficient (Wildman–Crippen LogP) is 4.26. The molecule has 0 saturated carbocycles. The van der Waals surface area contributed by atoms with Crippen LogP contribution < -0.4 is 0 Å². The molecule has 0 bridgehead atoms. The Morgan fingerprint density at radius 2 is 1.82 bits per heavy atom. The van der Waals surface area contributed by atoms with Gasteiger partial charge in [-0.25, -0.2) is 9.37 Å². The molecule has 84 valence electrons. The van der Waals surface area contributed by atoms with E-state index in [-0.39, 0.29) is 5.82 Å². The molecule has 0 aliphatic carbocycles. The minimum absolute atomic E-state index is 0.223. The number of hydrogen-bond donors (Lipinski definition) is 0. The lowest BCUT2D eigenvalue weighted by Gasteiger charge is -2.03. The standard InChI is InChI=1S/C12H6BrFN2S/c13-12-15-11(16-17-12)9-5-6-10(14)8-4-2-1-3-7(8)9/h1-6H. The number of rotatable bonds is 1. The van der Waals surface area contributed by atoms with Crippen molar-refractivity contribution in [3.63, 3.8) is 0 Å². The van der Waals surface area contributed by atoms with Gasteiger partial charge in [0.1, 0.15) is 5.82 Å². The number of benzene rings is 2. The molecule has 0 spiro atoms. The predicted molar refractivity (Wildman–Crippen MR) is 70.5 cm³/mol. The molecule has 0 radical (unpaired) electrons. The molecule has 17 heavy (non-hydrogen) atoms. The van der Waals surface area contributed by atoms with Gasteiger partial charge in [0.15, 0.2) is 9.74 Å². The highest BCUT2D eigenvalue weighted by Gasteiger charge is 2.10. The molecular weight excluding hydrogens is 303 g/mol. The van der Waals surface area contributed by atoms with Crippen LogP contribution >= 0.6 is 27.5 Å². The molecule has 0 fully saturated rings. The summed E-state index contributed by atoms with van der Waals surface area (Å²) in [6.45, 7) is 0. The Kier molecular flexibility index (Phi) is 2.64. The summed E-state index contributed by atoms with van der Waals surface area (Å²) in [4.78, 5) is 4.26. The van der Waals surface area contributed by atoms with Crippen LogP contribution in [-0.4, -0.2) is 9.36 Å². The van der Waals surface area contributed by atoms with E-state index in [4.69, 9.17) is 0 Å². The van der Waals surface area contributed by atoms with Crippen LogP contribution in [0.1, 0.15) is 0 Å². The fourth-order valence-corrected chi connectivity index (χ4v) is 2.59. The summed E-state index contributed by atoms with van der Waals surface area (Å²) in [7, 11) is 0. The number of aromatic nitrogens is 2. The Balaban J connectivity index is 2.34. The van der Waals surface area contributed by atoms with E-state index in [1.54, 1.807) is 12.1 Å². The first-order valence-electron chi connectivity index (χ1n) is 4.92. The maximum atomic E-state index is 13.6. The van der Waals surface area contributed by atoms with Gasteiger partial charge in [0.2, 0.25) is 0 Å². The molecule has 0 aliphatic heterocycles. The highest BCUT2D eigenvalue weighted by Crippen LogP contribution is 2.30. The van der Waals surface area contributed by atoms with Crippen LogP contribution in [0.2, 0.25) is 0 Å². The van der Waals surface area contributed by atoms with E-state index < -0.39 is 0 Å². The lowest BCUT2D eigenvalue weighted by atomic mass is 10.0. The zero-order chi connectivity index (χ0) is 11.8. The largest absolute Gasteiger partial charge is 0.208 e. The van der Waals surface area contributed by atoms with Crippen molar-refractivity contribution in [1.29, 1.82) is 0 Å². The van der Waals surface area contributed by atoms with Gasteiger partial charge in [0, 0.05) is 10.9 Å². The number of fused-ring (bicyclic) bond motifs is 1. The normalized spacial score (nSPS) is 10.9. The van der Waals surface area contributed by atoms with Crippen LogP contribution in [0.25, 0.3) is 22.2 Å². The third kappa shape index (κ3) is 1.85. The first kappa shape index (κ1) is 10.8. The Morgan fingerprint density at radius 1 is 1.06 bits per heavy atom. The summed E-state index contributed by atoms with van der Waals surface area (Å²) in [5.74, 6) is 0.400. The molecule has 3 aromatic rings. The van der Waals surface area contributed by atoms with Gasteiger partial charge in [-0.1, -0.05) is 24.3 Å². The monoisotopic (exact) mass is 308 g/mol. The SMILES string of the molecule is Fc1ccc(-c2nsc(Br)n2)c2ccccc12. The molecule has 1 aromatic heterocycles. The highest BCUT2D eigenvalue weighted by atomic mass is 79.9. The third-order valence-electron chi connectivity index (χ3n) is 2.51. The first-order valence-corrected chi connectivity index (χ1v) is 6.49. The zero-order valence-electron chi connectivity index (χ0n) is 8.52. The van der Waals surface area contributed by atoms with Gasteiger partial charge in [-0.3, -0.25) is 0 Å². The summed E-state index contributed by atoms with van der Waals surface area (Å²) < 4.78 is 18.6. The van der Waals surface area contributed by atoms with Crippen LogP contribution in [-0.2, 0) is 0 Å². The summed E-state index contributed by atoms with van der Waals surface area (Å²) in [5, 5.41) is 1.42. The van der Waals surface area contributed by atoms with Crippen LogP contribution in [0.15, 0.2) is 40.3 Å². The third-order valence-corrected chi connectivity index (χ3v) is 3.63. The van der Waals surface area contributed by atoms with Crippen LogP contribution in [0.4, 0.5) is 4.39 Å². The van der Waals surface area contributed by atoms with Crippen molar-refractivity contribution >= 4 is 38.2 Å². The molecule has 0 unspecified atom stereocenters. The van der Waals surface area contributed by atoms with Gasteiger partial charge >= 0.3 is 0 Å². The molecule has 2 nitrogen and oxygen atoms in total. The smallest absolute Gasteiger partial charge is 0.179 e. The second kappa shape index (κ2) is 4.16. The minimum Gasteiger partial charge on any atom is -0.208 e. The Labute approximate surface area is 109 Å². The molecular formula is C12H6BrFN2S. The molecule has 3 rings (SSSR count). The average Bonchev–Trinajstić information content (AvgIpc) is 2.77. The van der Waals surface area contributed by atoms with Crippen molar-refractivity contribution in [3.05, 3.63) is 46.1 Å². The molecule has 5 heteroatoms. The second-order valence-electron chi connectivity index (χ2n) is 3.51. The minimum atomic E-state index is -0.223. The van der Waals surface area contributed by atoms with E-state index in [0.717, 1.165) is 14.9 Å². The topological polar surface area (TPSA) is 25.8 Å². The average molecular weight is 309 g/mol. The van der Waals surface area contributed by atoms with Gasteiger partial charge in [-0.15, -0.1) is 0 Å². The van der Waals surface area contributed by atoms with Crippen molar-refractivity contribution in [2.75, 3.05) is 0 Å². The lowest BCUT2D eigenvalue weighted by Crippen LogP contribution is -1.86. The summed E-state index contributed by atoms with van der Waals surface area (Å²) in [5.41, 5.74) is 0.851. The number of hydrogen-bond acceptors (Lipinski definition) is 3. The van der Waals surface area contributed by atoms with Gasteiger partial charge in [0.25, 0.3) is 0 Å². The molecule has 2 aromatic carbocycles. The maximum Gasteiger partial charge on any atom is 0.179 e. The van der Waals surface area contributed by atoms with E-state index in [1.165, 1.54) is 17.6 Å². The van der Waals surface area contributed by atoms with Crippen LogP contribution in [0, 0.1) is 5.82 Å². The van der Waals surface area contributed by atoms with E-state index in [2.05, 4.69) is 25.3 Å². The Morgan fingerprint density at radius 3 is 2.53 bits per heavy atom. The van der Waals surface area contributed by atoms with E-state index in [0.29, 0.717) is 11.2 Å². The Bertz CT molecular complexity index is 696. The van der Waals surface area contributed by atoms with Gasteiger partial charge in [-0.05, 0) is 45.0 Å². The molecule has 0 atom stereocenters. The van der Waals surface area contributed by atoms with Gasteiger partial charge < -0.3 is 0 Å². The van der Waals surface area contributed by atoms with Gasteiger partial charge in [0.05, 0.1) is 0 Å². The van der Waals surface area contributed by atoms with Gasteiger partial charge in [-0.2, -0.15) is 4.37 Å². The molecule has 0 amide bonds. The number of halogens is 2. The summed E-state index contributed by atoms with van der Waals surface area (Å²) >= 11 is 4.55. The van der Waals surface area contributed by atoms with Crippen molar-refractivity contribution < 1.29 is 4.39 Å². The Hall–Kier alpha value is -1.33. The van der Waals surface area contributed by atoms with Crippen LogP contribution in [0.5, 0.6) is 0 Å².